The second kappa shape index (κ2) is 21.2. The largest absolute Gasteiger partial charge is 0.497 e. The van der Waals surface area contributed by atoms with Gasteiger partial charge in [0.25, 0.3) is 0 Å². The molecule has 0 bridgehead atoms. The molecule has 0 aliphatic carbocycles. The molecule has 94 heavy (non-hydrogen) atoms. The lowest BCUT2D eigenvalue weighted by molar-refractivity contribution is 0.190. The van der Waals surface area contributed by atoms with E-state index in [9.17, 15) is 0 Å². The molecule has 0 aliphatic heterocycles. The van der Waals surface area contributed by atoms with Crippen LogP contribution in [0.25, 0.3) is 175 Å². The van der Waals surface area contributed by atoms with Crippen molar-refractivity contribution in [1.82, 2.24) is 18.9 Å². The third-order valence-electron chi connectivity index (χ3n) is 19.2. The molecule has 0 unspecified atom stereocenters. The van der Waals surface area contributed by atoms with Gasteiger partial charge in [-0.05, 0) is 224 Å². The Bertz CT molecular complexity index is 6300. The number of rotatable bonds is 12. The Kier molecular flexibility index (Phi) is 12.6. The van der Waals surface area contributed by atoms with Crippen molar-refractivity contribution in [3.05, 3.63) is 227 Å². The average molecular weight is 1240 g/mol. The topological polar surface area (TPSA) is 128 Å². The van der Waals surface area contributed by atoms with Gasteiger partial charge in [0.05, 0.1) is 72.6 Å². The maximum atomic E-state index is 16.1. The second-order valence-corrected chi connectivity index (χ2v) is 23.7. The van der Waals surface area contributed by atoms with Gasteiger partial charge in [0.15, 0.2) is 10.9 Å². The average Bonchev–Trinajstić information content (AvgIpc) is 1.75. The Morgan fingerprint density at radius 3 is 0.936 bits per heavy atom. The van der Waals surface area contributed by atoms with Gasteiger partial charge in [-0.15, -0.1) is 0 Å². The minimum Gasteiger partial charge on any atom is -0.497 e. The van der Waals surface area contributed by atoms with Gasteiger partial charge in [0.1, 0.15) is 51.4 Å². The number of methoxy groups -OCH3 is 4. The molecular weight excluding hydrogens is 1180 g/mol. The van der Waals surface area contributed by atoms with Crippen molar-refractivity contribution in [2.75, 3.05) is 56.9 Å². The Balaban J connectivity index is 0.920. The van der Waals surface area contributed by atoms with Gasteiger partial charge in [-0.2, -0.15) is 18.9 Å². The third kappa shape index (κ3) is 8.14. The zero-order valence-corrected chi connectivity index (χ0v) is 52.5. The van der Waals surface area contributed by atoms with Gasteiger partial charge >= 0.3 is 0 Å². The van der Waals surface area contributed by atoms with Gasteiger partial charge in [0.2, 0.25) is 0 Å². The zero-order chi connectivity index (χ0) is 63.9. The van der Waals surface area contributed by atoms with Gasteiger partial charge in [-0.1, -0.05) is 48.5 Å². The fraction of sp³-hybridized carbons (Fsp3) is 0.100. The van der Waals surface area contributed by atoms with Crippen molar-refractivity contribution >= 4 is 130 Å². The summed E-state index contributed by atoms with van der Waals surface area (Å²) < 4.78 is 30.2. The summed E-state index contributed by atoms with van der Waals surface area (Å²) in [6.07, 6.45) is 0. The summed E-state index contributed by atoms with van der Waals surface area (Å²) in [7, 11) is 13.3. The maximum Gasteiger partial charge on any atom is 0.194 e. The van der Waals surface area contributed by atoms with E-state index in [1.54, 1.807) is 56.9 Å². The molecule has 0 aliphatic rings. The number of aromatic nitrogens is 4. The quantitative estimate of drug-likeness (QED) is 0.117. The minimum atomic E-state index is -0.177. The first-order valence-corrected chi connectivity index (χ1v) is 30.7. The van der Waals surface area contributed by atoms with E-state index < -0.39 is 0 Å². The monoisotopic (exact) mass is 1230 g/mol. The van der Waals surface area contributed by atoms with Gasteiger partial charge < -0.3 is 38.3 Å². The lowest BCUT2D eigenvalue weighted by Gasteiger charge is -2.13. The van der Waals surface area contributed by atoms with Crippen LogP contribution in [-0.4, -0.2) is 75.8 Å². The molecule has 0 N–H and O–H groups in total. The van der Waals surface area contributed by atoms with Crippen LogP contribution in [0.3, 0.4) is 0 Å². The summed E-state index contributed by atoms with van der Waals surface area (Å²) in [5, 5.41) is 12.3. The van der Waals surface area contributed by atoms with Gasteiger partial charge in [-0.25, -0.2) is 0 Å². The molecule has 0 saturated carbocycles. The Morgan fingerprint density at radius 2 is 0.543 bits per heavy atom. The van der Waals surface area contributed by atoms with E-state index in [0.29, 0.717) is 43.8 Å². The lowest BCUT2D eigenvalue weighted by atomic mass is 9.90. The number of fused-ring (bicyclic) bond motifs is 17. The molecule has 14 nitrogen and oxygen atoms in total. The summed E-state index contributed by atoms with van der Waals surface area (Å²) in [4.78, 5) is 55.8. The highest BCUT2D eigenvalue weighted by Gasteiger charge is 2.23. The SMILES string of the molecule is COc1ccc2c(c1)c1cc(-c3cc(-c4ccc5c(c4)c4cc(OC)ccc4n5OC)c4c(=O)c5ccc6c(=O)c7cc(-c8ccc9c(c8)c8cc(OC)ccc8n9OC)c(-c8ccc9c(c8)c8cc(OC)ccc8n9OC)cc7ccc6c5ccc4c3)ccc1n2OC. The van der Waals surface area contributed by atoms with E-state index in [0.717, 1.165) is 154 Å². The highest BCUT2D eigenvalue weighted by molar-refractivity contribution is 6.17. The van der Waals surface area contributed by atoms with Crippen LogP contribution >= 0.6 is 0 Å². The molecule has 0 amide bonds. The Morgan fingerprint density at radius 1 is 0.223 bits per heavy atom. The first-order chi connectivity index (χ1) is 46.0. The molecule has 0 saturated heterocycles. The number of nitrogens with zero attached hydrogens (tertiary/aromatic N) is 4. The zero-order valence-electron chi connectivity index (χ0n) is 52.5. The summed E-state index contributed by atoms with van der Waals surface area (Å²) in [6, 6.07) is 69.1. The summed E-state index contributed by atoms with van der Waals surface area (Å²) >= 11 is 0. The molecule has 13 aromatic carbocycles. The number of ether oxygens (including phenoxy) is 4. The Hall–Kier alpha value is -12.2. The van der Waals surface area contributed by atoms with Crippen molar-refractivity contribution in [2.24, 2.45) is 0 Å². The van der Waals surface area contributed by atoms with Gasteiger partial charge in [0, 0.05) is 64.6 Å². The highest BCUT2D eigenvalue weighted by atomic mass is 16.7. The maximum absolute atomic E-state index is 16.1. The van der Waals surface area contributed by atoms with E-state index >= 15 is 9.59 Å². The van der Waals surface area contributed by atoms with Crippen LogP contribution in [0.1, 0.15) is 0 Å². The lowest BCUT2D eigenvalue weighted by Crippen LogP contribution is -2.04. The van der Waals surface area contributed by atoms with Crippen LogP contribution in [-0.2, 0) is 0 Å². The first kappa shape index (κ1) is 55.9. The van der Waals surface area contributed by atoms with Crippen LogP contribution in [0, 0.1) is 0 Å². The van der Waals surface area contributed by atoms with E-state index in [1.807, 2.05) is 140 Å². The molecule has 14 heteroatoms. The molecule has 4 aromatic heterocycles. The number of hydrogen-bond acceptors (Lipinski definition) is 10. The smallest absolute Gasteiger partial charge is 0.194 e. The first-order valence-electron chi connectivity index (χ1n) is 30.7. The predicted octanol–water partition coefficient (Wildman–Crippen LogP) is 16.4. The van der Waals surface area contributed by atoms with Crippen molar-refractivity contribution in [3.63, 3.8) is 0 Å². The fourth-order valence-electron chi connectivity index (χ4n) is 14.7. The van der Waals surface area contributed by atoms with E-state index in [1.165, 1.54) is 0 Å². The second-order valence-electron chi connectivity index (χ2n) is 23.7. The molecule has 0 atom stereocenters. The third-order valence-corrected chi connectivity index (χ3v) is 19.2. The molecular formula is C80H58N4O10. The van der Waals surface area contributed by atoms with Crippen LogP contribution < -0.4 is 49.2 Å². The number of benzene rings is 11. The summed E-state index contributed by atoms with van der Waals surface area (Å²) in [5.41, 5.74) is 13.7. The Labute approximate surface area is 536 Å². The summed E-state index contributed by atoms with van der Waals surface area (Å²) in [5.74, 6) is 2.87. The minimum absolute atomic E-state index is 0.174. The molecule has 17 rings (SSSR count). The molecule has 0 spiro atoms. The van der Waals surface area contributed by atoms with E-state index in [2.05, 4.69) is 84.9 Å². The van der Waals surface area contributed by atoms with Crippen molar-refractivity contribution in [3.8, 4) is 67.5 Å². The fourth-order valence-corrected chi connectivity index (χ4v) is 14.7. The number of hydrogen-bond donors (Lipinski definition) is 0. The van der Waals surface area contributed by atoms with Crippen molar-refractivity contribution < 1.29 is 38.3 Å². The molecule has 17 aromatic rings. The molecule has 458 valence electrons. The van der Waals surface area contributed by atoms with Crippen LogP contribution in [0.15, 0.2) is 216 Å². The highest BCUT2D eigenvalue weighted by Crippen LogP contribution is 2.44. The van der Waals surface area contributed by atoms with Crippen molar-refractivity contribution in [1.29, 1.82) is 0 Å². The van der Waals surface area contributed by atoms with Crippen LogP contribution in [0.2, 0.25) is 0 Å². The molecule has 0 radical (unpaired) electrons. The van der Waals surface area contributed by atoms with Crippen molar-refractivity contribution in [2.45, 2.75) is 0 Å². The van der Waals surface area contributed by atoms with E-state index in [4.69, 9.17) is 38.3 Å². The normalized spacial score (nSPS) is 11.9. The predicted molar refractivity (Wildman–Crippen MR) is 379 cm³/mol. The standard InChI is InChI=1S/C80H58N4O10/c1-87-50-15-27-74-66(38-50)62-32-43(11-23-70(62)81(74)91-5)49-31-48-10-20-55-54-19-9-47-33-58(44-12-24-71-63(34-44)67-39-51(88-2)16-28-75(67)82(71)92-6)59(45-13-25-72-64(35-45)68-40-52(89-3)17-29-76(68)83(72)93-7)42-61(47)79(85)56(54)21-22-57(55)80(86)78(48)60(37-49)46-14-26-73-65(36-46)69-41-53(90-4)18-30-77(69)84(73)94-8/h9-42H,1-8H3. The summed E-state index contributed by atoms with van der Waals surface area (Å²) in [6.45, 7) is 0. The van der Waals surface area contributed by atoms with Crippen LogP contribution in [0.5, 0.6) is 23.0 Å². The molecule has 4 heterocycles. The van der Waals surface area contributed by atoms with Crippen LogP contribution in [0.4, 0.5) is 0 Å². The van der Waals surface area contributed by atoms with E-state index in [-0.39, 0.29) is 10.9 Å². The van der Waals surface area contributed by atoms with Gasteiger partial charge in [-0.3, -0.25) is 9.59 Å². The molecule has 0 fully saturated rings.